The van der Waals surface area contributed by atoms with Crippen molar-refractivity contribution >= 4 is 6.21 Å². The lowest BCUT2D eigenvalue weighted by atomic mass is 10.3. The Morgan fingerprint density at radius 3 is 2.89 bits per heavy atom. The van der Waals surface area contributed by atoms with Gasteiger partial charge in [0.25, 0.3) is 5.92 Å². The van der Waals surface area contributed by atoms with E-state index in [1.165, 1.54) is 6.21 Å². The molecular weight excluding hydrogens is 252 g/mol. The third-order valence-electron chi connectivity index (χ3n) is 3.14. The fourth-order valence-corrected chi connectivity index (χ4v) is 2.07. The van der Waals surface area contributed by atoms with Crippen LogP contribution < -0.4 is 16.4 Å². The quantitative estimate of drug-likeness (QED) is 0.636. The Hall–Kier alpha value is -1.37. The molecule has 0 aromatic carbocycles. The summed E-state index contributed by atoms with van der Waals surface area (Å²) in [6, 6.07) is 0.351. The molecule has 0 bridgehead atoms. The van der Waals surface area contributed by atoms with E-state index in [9.17, 15) is 8.78 Å². The van der Waals surface area contributed by atoms with Crippen LogP contribution in [0.2, 0.25) is 0 Å². The topological polar surface area (TPSA) is 65.7 Å². The van der Waals surface area contributed by atoms with Gasteiger partial charge in [-0.2, -0.15) is 0 Å². The van der Waals surface area contributed by atoms with Gasteiger partial charge in [0.05, 0.1) is 18.8 Å². The second kappa shape index (κ2) is 5.73. The molecule has 0 unspecified atom stereocenters. The summed E-state index contributed by atoms with van der Waals surface area (Å²) in [6.45, 7) is 0.403. The van der Waals surface area contributed by atoms with Gasteiger partial charge >= 0.3 is 0 Å². The maximum absolute atomic E-state index is 13.6. The summed E-state index contributed by atoms with van der Waals surface area (Å²) in [6.07, 6.45) is 3.62. The molecule has 7 heteroatoms. The highest BCUT2D eigenvalue weighted by Crippen LogP contribution is 2.24. The van der Waals surface area contributed by atoms with Crippen molar-refractivity contribution in [2.75, 3.05) is 33.2 Å². The van der Waals surface area contributed by atoms with Crippen molar-refractivity contribution in [3.05, 3.63) is 11.5 Å². The molecule has 1 aliphatic carbocycles. The van der Waals surface area contributed by atoms with Crippen LogP contribution in [0.25, 0.3) is 0 Å². The van der Waals surface area contributed by atoms with Gasteiger partial charge in [0.1, 0.15) is 5.82 Å². The van der Waals surface area contributed by atoms with Crippen LogP contribution in [0.1, 0.15) is 12.8 Å². The molecule has 5 nitrogen and oxygen atoms in total. The smallest absolute Gasteiger partial charge is 0.277 e. The molecule has 1 heterocycles. The minimum atomic E-state index is -2.75. The lowest BCUT2D eigenvalue weighted by Gasteiger charge is -2.29. The van der Waals surface area contributed by atoms with Crippen LogP contribution in [0.3, 0.4) is 0 Å². The molecule has 0 aromatic rings. The van der Waals surface area contributed by atoms with E-state index >= 15 is 0 Å². The largest absolute Gasteiger partial charge is 0.395 e. The van der Waals surface area contributed by atoms with Gasteiger partial charge in [-0.25, -0.2) is 8.78 Å². The Morgan fingerprint density at radius 1 is 1.53 bits per heavy atom. The molecule has 2 rings (SSSR count). The van der Waals surface area contributed by atoms with Crippen molar-refractivity contribution in [3.63, 3.8) is 0 Å². The van der Waals surface area contributed by atoms with Gasteiger partial charge in [-0.05, 0) is 12.8 Å². The van der Waals surface area contributed by atoms with Crippen LogP contribution in [0.5, 0.6) is 0 Å². The number of nitrogens with two attached hydrogens (primary N) is 1. The summed E-state index contributed by atoms with van der Waals surface area (Å²) in [7, 11) is 1.61. The molecule has 0 spiro atoms. The number of halogens is 2. The maximum atomic E-state index is 13.6. The molecule has 19 heavy (non-hydrogen) atoms. The first-order valence-corrected chi connectivity index (χ1v) is 6.54. The second-order valence-corrected chi connectivity index (χ2v) is 5.06. The van der Waals surface area contributed by atoms with E-state index in [0.717, 1.165) is 12.8 Å². The molecule has 4 N–H and O–H groups in total. The highest BCUT2D eigenvalue weighted by Gasteiger charge is 2.35. The molecule has 0 amide bonds. The number of aliphatic imine (C=N–C) groups is 1. The van der Waals surface area contributed by atoms with E-state index in [2.05, 4.69) is 15.6 Å². The first-order chi connectivity index (χ1) is 9.02. The molecule has 0 radical (unpaired) electrons. The van der Waals surface area contributed by atoms with Crippen molar-refractivity contribution in [1.82, 2.24) is 15.5 Å². The highest BCUT2D eigenvalue weighted by atomic mass is 19.3. The van der Waals surface area contributed by atoms with E-state index in [-0.39, 0.29) is 13.1 Å². The molecule has 1 saturated heterocycles. The van der Waals surface area contributed by atoms with Gasteiger partial charge in [-0.3, -0.25) is 4.99 Å². The van der Waals surface area contributed by atoms with Crippen molar-refractivity contribution in [2.45, 2.75) is 24.8 Å². The fourth-order valence-electron chi connectivity index (χ4n) is 2.07. The summed E-state index contributed by atoms with van der Waals surface area (Å²) in [4.78, 5) is 5.48. The van der Waals surface area contributed by atoms with Crippen LogP contribution in [0.15, 0.2) is 16.5 Å². The van der Waals surface area contributed by atoms with Gasteiger partial charge in [-0.1, -0.05) is 0 Å². The average Bonchev–Trinajstić information content (AvgIpc) is 3.14. The van der Waals surface area contributed by atoms with Crippen molar-refractivity contribution in [1.29, 1.82) is 0 Å². The van der Waals surface area contributed by atoms with Gasteiger partial charge in [0.2, 0.25) is 0 Å². The predicted molar refractivity (Wildman–Crippen MR) is 71.2 cm³/mol. The zero-order valence-corrected chi connectivity index (χ0v) is 11.1. The van der Waals surface area contributed by atoms with E-state index in [0.29, 0.717) is 30.6 Å². The standard InChI is InChI=1S/C12H21F2N5/c1-16-6-10(15)11(18-9-2-3-9)19-5-4-17-7-12(13,14)8-19/h6,9,17-18H,2-5,7-8,15H2,1H3/b11-10-,16-6?. The lowest BCUT2D eigenvalue weighted by molar-refractivity contribution is -0.0132. The number of hydrogen-bond acceptors (Lipinski definition) is 5. The van der Waals surface area contributed by atoms with Crippen LogP contribution >= 0.6 is 0 Å². The molecular formula is C12H21F2N5. The SMILES string of the molecule is CN=C/C(N)=C(\NC1CC1)N1CCNCC(F)(F)C1. The minimum absolute atomic E-state index is 0.290. The van der Waals surface area contributed by atoms with Crippen LogP contribution in [-0.2, 0) is 0 Å². The van der Waals surface area contributed by atoms with Gasteiger partial charge in [0.15, 0.2) is 0 Å². The van der Waals surface area contributed by atoms with Gasteiger partial charge in [-0.15, -0.1) is 0 Å². The Labute approximate surface area is 111 Å². The molecule has 2 aliphatic rings. The third-order valence-corrected chi connectivity index (χ3v) is 3.14. The normalized spacial score (nSPS) is 25.1. The maximum Gasteiger partial charge on any atom is 0.277 e. The zero-order chi connectivity index (χ0) is 13.9. The summed E-state index contributed by atoms with van der Waals surface area (Å²) in [5, 5.41) is 5.98. The number of alkyl halides is 2. The first-order valence-electron chi connectivity index (χ1n) is 6.54. The molecule has 1 saturated carbocycles. The Bertz CT molecular complexity index is 376. The summed E-state index contributed by atoms with van der Waals surface area (Å²) >= 11 is 0. The predicted octanol–water partition coefficient (Wildman–Crippen LogP) is 0.107. The number of nitrogens with one attached hydrogen (secondary N) is 2. The Kier molecular flexibility index (Phi) is 4.24. The Balaban J connectivity index is 2.18. The fraction of sp³-hybridized carbons (Fsp3) is 0.750. The number of allylic oxidation sites excluding steroid dienone is 1. The van der Waals surface area contributed by atoms with Crippen LogP contribution in [-0.4, -0.2) is 56.3 Å². The van der Waals surface area contributed by atoms with E-state index in [1.54, 1.807) is 11.9 Å². The minimum Gasteiger partial charge on any atom is -0.395 e. The number of nitrogens with zero attached hydrogens (tertiary/aromatic N) is 2. The van der Waals surface area contributed by atoms with Crippen molar-refractivity contribution in [3.8, 4) is 0 Å². The molecule has 1 aliphatic heterocycles. The average molecular weight is 273 g/mol. The van der Waals surface area contributed by atoms with Gasteiger partial charge < -0.3 is 21.3 Å². The lowest BCUT2D eigenvalue weighted by Crippen LogP contribution is -2.43. The first kappa shape index (κ1) is 14.0. The summed E-state index contributed by atoms with van der Waals surface area (Å²) in [5.41, 5.74) is 6.35. The van der Waals surface area contributed by atoms with Crippen molar-refractivity contribution < 1.29 is 8.78 Å². The summed E-state index contributed by atoms with van der Waals surface area (Å²) in [5.74, 6) is -2.17. The zero-order valence-electron chi connectivity index (χ0n) is 11.1. The molecule has 0 aromatic heterocycles. The summed E-state index contributed by atoms with van der Waals surface area (Å²) < 4.78 is 27.3. The third kappa shape index (κ3) is 4.05. The van der Waals surface area contributed by atoms with Crippen LogP contribution in [0, 0.1) is 0 Å². The molecule has 2 fully saturated rings. The highest BCUT2D eigenvalue weighted by molar-refractivity contribution is 5.77. The Morgan fingerprint density at radius 2 is 2.26 bits per heavy atom. The number of rotatable bonds is 4. The second-order valence-electron chi connectivity index (χ2n) is 5.06. The molecule has 0 atom stereocenters. The van der Waals surface area contributed by atoms with Crippen LogP contribution in [0.4, 0.5) is 8.78 Å². The van der Waals surface area contributed by atoms with Crippen molar-refractivity contribution in [2.24, 2.45) is 10.7 Å². The van der Waals surface area contributed by atoms with Gasteiger partial charge in [0, 0.05) is 32.4 Å². The van der Waals surface area contributed by atoms with E-state index < -0.39 is 5.92 Å². The number of hydrogen-bond donors (Lipinski definition) is 3. The van der Waals surface area contributed by atoms with E-state index in [1.807, 2.05) is 0 Å². The van der Waals surface area contributed by atoms with E-state index in [4.69, 9.17) is 5.73 Å². The monoisotopic (exact) mass is 273 g/mol. The molecule has 108 valence electrons.